The van der Waals surface area contributed by atoms with Gasteiger partial charge in [0.25, 0.3) is 0 Å². The molecule has 2 N–H and O–H groups in total. The molecule has 0 amide bonds. The van der Waals surface area contributed by atoms with E-state index in [0.29, 0.717) is 6.61 Å². The van der Waals surface area contributed by atoms with E-state index in [1.807, 2.05) is 42.7 Å². The lowest BCUT2D eigenvalue weighted by Crippen LogP contribution is -2.33. The lowest BCUT2D eigenvalue weighted by molar-refractivity contribution is 0.339. The first kappa shape index (κ1) is 14.6. The topological polar surface area (TPSA) is 63.5 Å². The van der Waals surface area contributed by atoms with E-state index in [4.69, 9.17) is 9.72 Å². The number of hydrogen-bond acceptors (Lipinski definition) is 5. The molecule has 6 nitrogen and oxygen atoms in total. The molecule has 1 unspecified atom stereocenters. The molecule has 0 aliphatic carbocycles. The summed E-state index contributed by atoms with van der Waals surface area (Å²) in [7, 11) is 0. The Balaban J connectivity index is 1.82. The molecule has 2 aromatic heterocycles. The molecule has 3 aromatic rings. The van der Waals surface area contributed by atoms with Crippen molar-refractivity contribution < 1.29 is 4.74 Å². The molecule has 0 saturated carbocycles. The van der Waals surface area contributed by atoms with Crippen molar-refractivity contribution in [3.05, 3.63) is 55.0 Å². The number of benzene rings is 1. The minimum Gasteiger partial charge on any atom is -0.487 e. The molecule has 1 aliphatic rings. The zero-order valence-electron chi connectivity index (χ0n) is 13.5. The number of nitrogens with zero attached hydrogens (tertiary/aromatic N) is 3. The molecule has 1 aliphatic heterocycles. The van der Waals surface area contributed by atoms with E-state index < -0.39 is 0 Å². The second-order valence-corrected chi connectivity index (χ2v) is 5.99. The standard InChI is InChI=1S/C18H19N5O/c1-12-9-19-17-6-7-23-18(22-17)16(10-20-23)14-4-3-5-15(8-14)24-11-13(2)21-12/h3-8,10,12,21H,2,9,11H2,1H3,(H,19,22). The number of anilines is 1. The fourth-order valence-electron chi connectivity index (χ4n) is 2.79. The molecule has 3 heterocycles. The Bertz CT molecular complexity index is 901. The van der Waals surface area contributed by atoms with Gasteiger partial charge in [0.1, 0.15) is 18.2 Å². The van der Waals surface area contributed by atoms with E-state index in [1.54, 1.807) is 4.52 Å². The van der Waals surface area contributed by atoms with Gasteiger partial charge in [0, 0.05) is 30.0 Å². The predicted octanol–water partition coefficient (Wildman–Crippen LogP) is 2.69. The molecule has 4 rings (SSSR count). The van der Waals surface area contributed by atoms with Crippen LogP contribution in [-0.2, 0) is 0 Å². The molecule has 4 bridgehead atoms. The van der Waals surface area contributed by atoms with Crippen molar-refractivity contribution in [3.8, 4) is 16.9 Å². The molecule has 0 radical (unpaired) electrons. The van der Waals surface area contributed by atoms with Crippen LogP contribution in [0.25, 0.3) is 16.8 Å². The Morgan fingerprint density at radius 3 is 3.17 bits per heavy atom. The van der Waals surface area contributed by atoms with Crippen molar-refractivity contribution in [1.82, 2.24) is 19.9 Å². The van der Waals surface area contributed by atoms with Crippen LogP contribution in [0.3, 0.4) is 0 Å². The van der Waals surface area contributed by atoms with Crippen LogP contribution in [0, 0.1) is 0 Å². The van der Waals surface area contributed by atoms with Gasteiger partial charge >= 0.3 is 0 Å². The summed E-state index contributed by atoms with van der Waals surface area (Å²) in [6.07, 6.45) is 3.75. The number of hydrogen-bond donors (Lipinski definition) is 2. The fraction of sp³-hybridized carbons (Fsp3) is 0.222. The van der Waals surface area contributed by atoms with Crippen LogP contribution in [0.2, 0.25) is 0 Å². The van der Waals surface area contributed by atoms with Crippen LogP contribution in [0.5, 0.6) is 5.75 Å². The highest BCUT2D eigenvalue weighted by atomic mass is 16.5. The predicted molar refractivity (Wildman–Crippen MR) is 94.1 cm³/mol. The second kappa shape index (κ2) is 5.88. The van der Waals surface area contributed by atoms with Crippen LogP contribution in [0.1, 0.15) is 6.92 Å². The van der Waals surface area contributed by atoms with Crippen molar-refractivity contribution in [2.24, 2.45) is 0 Å². The van der Waals surface area contributed by atoms with Gasteiger partial charge < -0.3 is 15.4 Å². The summed E-state index contributed by atoms with van der Waals surface area (Å²) < 4.78 is 7.63. The Morgan fingerprint density at radius 1 is 1.33 bits per heavy atom. The van der Waals surface area contributed by atoms with Crippen LogP contribution < -0.4 is 15.4 Å². The van der Waals surface area contributed by atoms with Gasteiger partial charge in [0.15, 0.2) is 5.65 Å². The highest BCUT2D eigenvalue weighted by molar-refractivity contribution is 5.78. The van der Waals surface area contributed by atoms with E-state index in [2.05, 4.69) is 29.2 Å². The Labute approximate surface area is 140 Å². The summed E-state index contributed by atoms with van der Waals surface area (Å²) in [6, 6.07) is 10.1. The maximum Gasteiger partial charge on any atom is 0.165 e. The molecule has 1 aromatic carbocycles. The van der Waals surface area contributed by atoms with Gasteiger partial charge in [-0.1, -0.05) is 18.7 Å². The van der Waals surface area contributed by atoms with E-state index >= 15 is 0 Å². The highest BCUT2D eigenvalue weighted by Crippen LogP contribution is 2.27. The van der Waals surface area contributed by atoms with Gasteiger partial charge in [0.05, 0.1) is 6.20 Å². The third-order valence-electron chi connectivity index (χ3n) is 3.97. The van der Waals surface area contributed by atoms with Crippen LogP contribution in [0.4, 0.5) is 5.82 Å². The highest BCUT2D eigenvalue weighted by Gasteiger charge is 2.12. The molecular weight excluding hydrogens is 302 g/mol. The molecule has 1 atom stereocenters. The smallest absolute Gasteiger partial charge is 0.165 e. The first-order chi connectivity index (χ1) is 11.7. The fourth-order valence-corrected chi connectivity index (χ4v) is 2.79. The first-order valence-electron chi connectivity index (χ1n) is 7.95. The van der Waals surface area contributed by atoms with E-state index in [0.717, 1.165) is 40.6 Å². The number of aromatic nitrogens is 3. The van der Waals surface area contributed by atoms with Crippen molar-refractivity contribution in [2.75, 3.05) is 18.5 Å². The minimum atomic E-state index is 0.206. The molecule has 0 saturated heterocycles. The molecule has 6 heteroatoms. The summed E-state index contributed by atoms with van der Waals surface area (Å²) in [5.41, 5.74) is 3.67. The SMILES string of the molecule is C=C1COc2cccc(c2)-c2cnn3ccc(nc23)NCC(C)N1. The molecule has 122 valence electrons. The third-order valence-corrected chi connectivity index (χ3v) is 3.97. The van der Waals surface area contributed by atoms with Crippen molar-refractivity contribution in [2.45, 2.75) is 13.0 Å². The molecular formula is C18H19N5O. The number of ether oxygens (including phenoxy) is 1. The lowest BCUT2D eigenvalue weighted by atomic mass is 10.1. The molecule has 0 fully saturated rings. The van der Waals surface area contributed by atoms with Crippen molar-refractivity contribution in [1.29, 1.82) is 0 Å². The monoisotopic (exact) mass is 321 g/mol. The third kappa shape index (κ3) is 2.78. The van der Waals surface area contributed by atoms with Gasteiger partial charge in [-0.2, -0.15) is 5.10 Å². The number of nitrogens with one attached hydrogen (secondary N) is 2. The Morgan fingerprint density at radius 2 is 2.25 bits per heavy atom. The van der Waals surface area contributed by atoms with E-state index in [-0.39, 0.29) is 6.04 Å². The summed E-state index contributed by atoms with van der Waals surface area (Å²) in [6.45, 7) is 7.28. The van der Waals surface area contributed by atoms with Crippen molar-refractivity contribution >= 4 is 11.5 Å². The summed E-state index contributed by atoms with van der Waals surface area (Å²) in [5, 5.41) is 11.1. The van der Waals surface area contributed by atoms with E-state index in [9.17, 15) is 0 Å². The van der Waals surface area contributed by atoms with Gasteiger partial charge in [0.2, 0.25) is 0 Å². The first-order valence-corrected chi connectivity index (χ1v) is 7.95. The summed E-state index contributed by atoms with van der Waals surface area (Å²) >= 11 is 0. The largest absolute Gasteiger partial charge is 0.487 e. The normalized spacial score (nSPS) is 17.7. The summed E-state index contributed by atoms with van der Waals surface area (Å²) in [4.78, 5) is 4.71. The zero-order valence-corrected chi connectivity index (χ0v) is 13.5. The zero-order chi connectivity index (χ0) is 16.5. The Hall–Kier alpha value is -3.02. The van der Waals surface area contributed by atoms with Gasteiger partial charge in [-0.05, 0) is 30.7 Å². The van der Waals surface area contributed by atoms with Crippen LogP contribution >= 0.6 is 0 Å². The van der Waals surface area contributed by atoms with Gasteiger partial charge in [-0.15, -0.1) is 0 Å². The van der Waals surface area contributed by atoms with Gasteiger partial charge in [-0.3, -0.25) is 0 Å². The average Bonchev–Trinajstić information content (AvgIpc) is 3.01. The maximum atomic E-state index is 5.85. The molecule has 0 spiro atoms. The number of rotatable bonds is 0. The quantitative estimate of drug-likeness (QED) is 0.666. The van der Waals surface area contributed by atoms with Crippen LogP contribution in [-0.4, -0.2) is 33.8 Å². The van der Waals surface area contributed by atoms with E-state index in [1.165, 1.54) is 0 Å². The lowest BCUT2D eigenvalue weighted by Gasteiger charge is -2.19. The van der Waals surface area contributed by atoms with Gasteiger partial charge in [-0.25, -0.2) is 9.50 Å². The second-order valence-electron chi connectivity index (χ2n) is 5.99. The summed E-state index contributed by atoms with van der Waals surface area (Å²) in [5.74, 6) is 1.63. The number of fused-ring (bicyclic) bond motifs is 4. The maximum absolute atomic E-state index is 5.85. The average molecular weight is 321 g/mol. The Kier molecular flexibility index (Phi) is 3.57. The molecule has 24 heavy (non-hydrogen) atoms. The minimum absolute atomic E-state index is 0.206. The van der Waals surface area contributed by atoms with Crippen LogP contribution in [0.15, 0.2) is 55.0 Å². The van der Waals surface area contributed by atoms with Crippen molar-refractivity contribution in [3.63, 3.8) is 0 Å².